The molecular weight excluding hydrogens is 380 g/mol. The van der Waals surface area contributed by atoms with Crippen LogP contribution in [0.4, 0.5) is 5.69 Å². The standard InChI is InChI=1S/C20H26N2O5S/c23-15-13-22(14-16-24)20-6-4-18(5-7-20)2-3-19-8-11-21(12-9-19)10-1-17-28(25,26)27/h2-9,11-12,23-24H,1,10,13-17H2/p+1. The van der Waals surface area contributed by atoms with E-state index in [9.17, 15) is 8.42 Å². The lowest BCUT2D eigenvalue weighted by molar-refractivity contribution is -0.696. The van der Waals surface area contributed by atoms with E-state index in [1.165, 1.54) is 0 Å². The summed E-state index contributed by atoms with van der Waals surface area (Å²) in [6.45, 7) is 1.54. The summed E-state index contributed by atoms with van der Waals surface area (Å²) in [6, 6.07) is 11.7. The molecule has 0 aliphatic rings. The molecular formula is C20H27N2O5S+. The zero-order chi connectivity index (χ0) is 20.4. The Morgan fingerprint density at radius 3 is 1.93 bits per heavy atom. The maximum Gasteiger partial charge on any atom is 0.265 e. The van der Waals surface area contributed by atoms with Gasteiger partial charge in [0, 0.05) is 37.3 Å². The van der Waals surface area contributed by atoms with E-state index in [4.69, 9.17) is 14.8 Å². The van der Waals surface area contributed by atoms with Gasteiger partial charge in [-0.2, -0.15) is 8.42 Å². The molecule has 0 fully saturated rings. The number of hydrogen-bond acceptors (Lipinski definition) is 5. The van der Waals surface area contributed by atoms with Crippen molar-refractivity contribution in [1.82, 2.24) is 0 Å². The highest BCUT2D eigenvalue weighted by atomic mass is 32.2. The second-order valence-corrected chi connectivity index (χ2v) is 7.94. The summed E-state index contributed by atoms with van der Waals surface area (Å²) in [4.78, 5) is 1.92. The van der Waals surface area contributed by atoms with E-state index in [-0.39, 0.29) is 19.0 Å². The number of hydrogen-bond donors (Lipinski definition) is 3. The Kier molecular flexibility index (Phi) is 8.59. The highest BCUT2D eigenvalue weighted by molar-refractivity contribution is 7.85. The number of nitrogens with zero attached hydrogens (tertiary/aromatic N) is 2. The number of rotatable bonds is 11. The van der Waals surface area contributed by atoms with Crippen LogP contribution < -0.4 is 9.47 Å². The highest BCUT2D eigenvalue weighted by Gasteiger charge is 2.07. The van der Waals surface area contributed by atoms with Gasteiger partial charge in [-0.1, -0.05) is 24.3 Å². The van der Waals surface area contributed by atoms with Crippen LogP contribution in [0.2, 0.25) is 0 Å². The molecule has 1 aromatic heterocycles. The van der Waals surface area contributed by atoms with Crippen LogP contribution in [-0.2, 0) is 16.7 Å². The second kappa shape index (κ2) is 10.9. The predicted molar refractivity (Wildman–Crippen MR) is 109 cm³/mol. The van der Waals surface area contributed by atoms with Crippen LogP contribution in [-0.4, -0.2) is 55.2 Å². The number of aliphatic hydroxyl groups excluding tert-OH is 2. The van der Waals surface area contributed by atoms with Crippen molar-refractivity contribution in [3.05, 3.63) is 59.9 Å². The fraction of sp³-hybridized carbons (Fsp3) is 0.350. The molecule has 0 saturated heterocycles. The van der Waals surface area contributed by atoms with E-state index >= 15 is 0 Å². The van der Waals surface area contributed by atoms with Gasteiger partial charge in [-0.3, -0.25) is 4.55 Å². The second-order valence-electron chi connectivity index (χ2n) is 6.37. The number of aryl methyl sites for hydroxylation is 1. The number of aliphatic hydroxyl groups is 2. The minimum Gasteiger partial charge on any atom is -0.395 e. The van der Waals surface area contributed by atoms with Gasteiger partial charge in [0.05, 0.1) is 19.0 Å². The normalized spacial score (nSPS) is 11.8. The van der Waals surface area contributed by atoms with Gasteiger partial charge in [0.25, 0.3) is 10.1 Å². The van der Waals surface area contributed by atoms with Crippen LogP contribution in [0.25, 0.3) is 12.2 Å². The first-order chi connectivity index (χ1) is 13.4. The average molecular weight is 408 g/mol. The van der Waals surface area contributed by atoms with Crippen LogP contribution in [0, 0.1) is 0 Å². The molecule has 1 heterocycles. The summed E-state index contributed by atoms with van der Waals surface area (Å²) in [5.74, 6) is -0.244. The van der Waals surface area contributed by atoms with Gasteiger partial charge >= 0.3 is 0 Å². The largest absolute Gasteiger partial charge is 0.395 e. The summed E-state index contributed by atoms with van der Waals surface area (Å²) in [5, 5.41) is 18.2. The van der Waals surface area contributed by atoms with E-state index in [0.29, 0.717) is 26.1 Å². The van der Waals surface area contributed by atoms with E-state index < -0.39 is 10.1 Å². The molecule has 0 aliphatic heterocycles. The molecule has 8 heteroatoms. The Labute approximate surface area is 165 Å². The van der Waals surface area contributed by atoms with Crippen LogP contribution in [0.3, 0.4) is 0 Å². The highest BCUT2D eigenvalue weighted by Crippen LogP contribution is 2.16. The molecule has 152 valence electrons. The molecule has 2 rings (SSSR count). The minimum atomic E-state index is -3.91. The lowest BCUT2D eigenvalue weighted by Gasteiger charge is -2.22. The third-order valence-corrected chi connectivity index (χ3v) is 5.01. The van der Waals surface area contributed by atoms with Gasteiger partial charge in [-0.05, 0) is 23.3 Å². The Morgan fingerprint density at radius 1 is 0.893 bits per heavy atom. The maximum atomic E-state index is 10.7. The molecule has 0 unspecified atom stereocenters. The first-order valence-electron chi connectivity index (χ1n) is 9.10. The van der Waals surface area contributed by atoms with E-state index in [1.807, 2.05) is 70.4 Å². The van der Waals surface area contributed by atoms with Crippen molar-refractivity contribution >= 4 is 28.0 Å². The van der Waals surface area contributed by atoms with Crippen molar-refractivity contribution in [2.45, 2.75) is 13.0 Å². The summed E-state index contributed by atoms with van der Waals surface area (Å²) in [5.41, 5.74) is 2.99. The van der Waals surface area contributed by atoms with Gasteiger partial charge in [-0.15, -0.1) is 0 Å². The molecule has 3 N–H and O–H groups in total. The fourth-order valence-electron chi connectivity index (χ4n) is 2.76. The van der Waals surface area contributed by atoms with Crippen molar-refractivity contribution in [3.63, 3.8) is 0 Å². The fourth-order valence-corrected chi connectivity index (χ4v) is 3.25. The van der Waals surface area contributed by atoms with E-state index in [2.05, 4.69) is 0 Å². The predicted octanol–water partition coefficient (Wildman–Crippen LogP) is 1.21. The number of aromatic nitrogens is 1. The number of pyridine rings is 1. The van der Waals surface area contributed by atoms with Crippen LogP contribution >= 0.6 is 0 Å². The monoisotopic (exact) mass is 407 g/mol. The van der Waals surface area contributed by atoms with Crippen molar-refractivity contribution in [3.8, 4) is 0 Å². The molecule has 0 saturated carbocycles. The molecule has 0 bridgehead atoms. The first kappa shape index (κ1) is 22.0. The molecule has 2 aromatic rings. The maximum absolute atomic E-state index is 10.7. The van der Waals surface area contributed by atoms with Crippen LogP contribution in [0.15, 0.2) is 48.8 Å². The van der Waals surface area contributed by atoms with Crippen molar-refractivity contribution in [2.75, 3.05) is 37.0 Å². The average Bonchev–Trinajstić information content (AvgIpc) is 2.67. The topological polar surface area (TPSA) is 102 Å². The molecule has 0 aliphatic carbocycles. The van der Waals surface area contributed by atoms with E-state index in [1.54, 1.807) is 0 Å². The number of benzene rings is 1. The Hall–Kier alpha value is -2.26. The summed E-state index contributed by atoms with van der Waals surface area (Å²) in [6.07, 6.45) is 8.07. The Bertz CT molecular complexity index is 843. The molecule has 0 amide bonds. The zero-order valence-corrected chi connectivity index (χ0v) is 16.5. The van der Waals surface area contributed by atoms with Crippen molar-refractivity contribution < 1.29 is 27.8 Å². The SMILES string of the molecule is O=S(=O)(O)CCC[n+]1ccc(/C=C/c2ccc(N(CCO)CCO)cc2)cc1. The Morgan fingerprint density at radius 2 is 1.43 bits per heavy atom. The quantitative estimate of drug-likeness (QED) is 0.382. The molecule has 0 radical (unpaired) electrons. The lowest BCUT2D eigenvalue weighted by Crippen LogP contribution is -2.33. The third kappa shape index (κ3) is 7.77. The van der Waals surface area contributed by atoms with Gasteiger partial charge in [0.15, 0.2) is 12.4 Å². The minimum absolute atomic E-state index is 0.0332. The van der Waals surface area contributed by atoms with Crippen molar-refractivity contribution in [1.29, 1.82) is 0 Å². The molecule has 0 atom stereocenters. The smallest absolute Gasteiger partial charge is 0.265 e. The van der Waals surface area contributed by atoms with Gasteiger partial charge < -0.3 is 15.1 Å². The summed E-state index contributed by atoms with van der Waals surface area (Å²) >= 11 is 0. The van der Waals surface area contributed by atoms with Crippen LogP contribution in [0.5, 0.6) is 0 Å². The number of anilines is 1. The third-order valence-electron chi connectivity index (χ3n) is 4.20. The van der Waals surface area contributed by atoms with Gasteiger partial charge in [0.1, 0.15) is 6.54 Å². The molecule has 7 nitrogen and oxygen atoms in total. The van der Waals surface area contributed by atoms with E-state index in [0.717, 1.165) is 16.8 Å². The molecule has 0 spiro atoms. The summed E-state index contributed by atoms with van der Waals surface area (Å²) in [7, 11) is -3.91. The van der Waals surface area contributed by atoms with Crippen molar-refractivity contribution in [2.24, 2.45) is 0 Å². The molecule has 28 heavy (non-hydrogen) atoms. The first-order valence-corrected chi connectivity index (χ1v) is 10.7. The van der Waals surface area contributed by atoms with Gasteiger partial charge in [0.2, 0.25) is 0 Å². The summed E-state index contributed by atoms with van der Waals surface area (Å²) < 4.78 is 32.1. The lowest BCUT2D eigenvalue weighted by atomic mass is 10.1. The zero-order valence-electron chi connectivity index (χ0n) is 15.7. The van der Waals surface area contributed by atoms with Crippen LogP contribution in [0.1, 0.15) is 17.5 Å². The van der Waals surface area contributed by atoms with Gasteiger partial charge in [-0.25, -0.2) is 4.57 Å². The molecule has 1 aromatic carbocycles. The Balaban J connectivity index is 1.94.